The summed E-state index contributed by atoms with van der Waals surface area (Å²) in [5.41, 5.74) is -12.7. The third kappa shape index (κ3) is 7.69. The van der Waals surface area contributed by atoms with E-state index in [1.165, 1.54) is 0 Å². The van der Waals surface area contributed by atoms with Crippen LogP contribution in [0.15, 0.2) is 54.9 Å². The first-order valence-corrected chi connectivity index (χ1v) is 16.7. The number of carbonyl (C=O) groups is 1. The number of carbonyl (C=O) groups excluding carboxylic acids is 1. The number of halogens is 20. The zero-order chi connectivity index (χ0) is 47.2. The quantitative estimate of drug-likeness (QED) is 0.0392. The second kappa shape index (κ2) is 17.8. The van der Waals surface area contributed by atoms with Crippen molar-refractivity contribution in [2.75, 3.05) is 0 Å². The molecule has 0 atom stereocenters. The molecule has 0 saturated carbocycles. The van der Waals surface area contributed by atoms with Crippen LogP contribution in [-0.4, -0.2) is 11.9 Å². The fraction of sp³-hybridized carbons (Fsp3) is 0.0513. The number of hydrogen-bond acceptors (Lipinski definition) is 2. The van der Waals surface area contributed by atoms with Gasteiger partial charge in [-0.1, -0.05) is 30.3 Å². The van der Waals surface area contributed by atoms with E-state index < -0.39 is 144 Å². The summed E-state index contributed by atoms with van der Waals surface area (Å²) in [5, 5.41) is 8.57. The summed E-state index contributed by atoms with van der Waals surface area (Å²) in [4.78, 5) is 12.0. The van der Waals surface area contributed by atoms with Crippen LogP contribution in [0.3, 0.4) is 0 Å². The van der Waals surface area contributed by atoms with Gasteiger partial charge in [0.05, 0.1) is 12.5 Å². The first-order valence-electron chi connectivity index (χ1n) is 16.7. The molecule has 0 N–H and O–H groups in total. The molecule has 0 spiro atoms. The lowest BCUT2D eigenvalue weighted by molar-refractivity contribution is -0.683. The number of nitrogens with zero attached hydrogens (tertiary/aromatic N) is 2. The minimum atomic E-state index is -7.22. The Labute approximate surface area is 337 Å². The fourth-order valence-corrected chi connectivity index (χ4v) is 6.56. The topological polar surface area (TPSA) is 44.7 Å². The van der Waals surface area contributed by atoms with Crippen molar-refractivity contribution >= 4 is 33.8 Å². The van der Waals surface area contributed by atoms with Gasteiger partial charge in [-0.15, -0.1) is 21.9 Å². The van der Waals surface area contributed by atoms with Crippen LogP contribution >= 0.6 is 0 Å². The number of rotatable bonds is 8. The molecule has 0 saturated heterocycles. The third-order valence-corrected chi connectivity index (χ3v) is 9.37. The van der Waals surface area contributed by atoms with E-state index in [1.807, 2.05) is 59.4 Å². The molecule has 3 nitrogen and oxygen atoms in total. The van der Waals surface area contributed by atoms with Crippen LogP contribution in [0.5, 0.6) is 0 Å². The molecule has 0 aliphatic heterocycles. The van der Waals surface area contributed by atoms with E-state index >= 15 is 35.1 Å². The SMILES string of the molecule is Fc1c(F)c(F)c([B-](c2c(F)c(F)c(F)c(F)c2F)(c2c(F)c(F)c(F)c(F)c2F)c2c(F)c(F)c(F)c(F)c2F)c(F)c1F.N#CCc1cc[n+](CC(=O)c2ccccc2)cc1. The van der Waals surface area contributed by atoms with Crippen LogP contribution in [-0.2, 0) is 13.0 Å². The number of nitriles is 1. The summed E-state index contributed by atoms with van der Waals surface area (Å²) < 4.78 is 296. The van der Waals surface area contributed by atoms with Gasteiger partial charge in [0.2, 0.25) is 12.3 Å². The van der Waals surface area contributed by atoms with Gasteiger partial charge in [-0.3, -0.25) is 4.79 Å². The molecule has 1 heterocycles. The summed E-state index contributed by atoms with van der Waals surface area (Å²) >= 11 is 0. The largest absolute Gasteiger partial charge is 0.287 e. The van der Waals surface area contributed by atoms with Gasteiger partial charge >= 0.3 is 0 Å². The standard InChI is InChI=1S/C24BF20.C15H13N2O/c26-5-1(6(27)14(35)21(42)13(5)34)25(2-7(28)15(36)22(43)16(37)8(2)29,3-9(30)17(38)23(44)18(39)10(3)31)4-11(32)19(40)24(45)20(41)12(4)33;16-9-6-13-7-10-17(11-8-13)12-15(18)14-4-2-1-3-5-14/h;1-5,7-8,10-11H,6,12H2/q-1;+1. The van der Waals surface area contributed by atoms with Crippen molar-refractivity contribution in [3.63, 3.8) is 0 Å². The fourth-order valence-electron chi connectivity index (χ4n) is 6.56. The molecule has 0 aliphatic carbocycles. The first kappa shape index (κ1) is 47.1. The van der Waals surface area contributed by atoms with E-state index in [4.69, 9.17) is 5.26 Å². The van der Waals surface area contributed by atoms with Gasteiger partial charge in [0.15, 0.2) is 82.2 Å². The molecule has 0 bridgehead atoms. The van der Waals surface area contributed by atoms with Crippen molar-refractivity contribution in [1.82, 2.24) is 0 Å². The van der Waals surface area contributed by atoms with Gasteiger partial charge in [-0.2, -0.15) is 9.83 Å². The van der Waals surface area contributed by atoms with Crippen LogP contribution in [0, 0.1) is 128 Å². The molecule has 6 rings (SSSR count). The van der Waals surface area contributed by atoms with E-state index in [1.54, 1.807) is 0 Å². The van der Waals surface area contributed by atoms with E-state index in [0.29, 0.717) is 18.5 Å². The lowest BCUT2D eigenvalue weighted by Crippen LogP contribution is -2.81. The number of aromatic nitrogens is 1. The van der Waals surface area contributed by atoms with Crippen molar-refractivity contribution < 1.29 is 97.2 Å². The second-order valence-corrected chi connectivity index (χ2v) is 12.8. The predicted molar refractivity (Wildman–Crippen MR) is 176 cm³/mol. The molecule has 0 unspecified atom stereocenters. The molecule has 0 radical (unpaired) electrons. The van der Waals surface area contributed by atoms with Crippen LogP contribution in [0.4, 0.5) is 87.8 Å². The smallest absolute Gasteiger partial charge is 0.227 e. The molecule has 328 valence electrons. The molecule has 1 aromatic heterocycles. The van der Waals surface area contributed by atoms with Gasteiger partial charge in [-0.05, 0) is 5.56 Å². The van der Waals surface area contributed by atoms with Gasteiger partial charge in [0.1, 0.15) is 52.7 Å². The Bertz CT molecular complexity index is 2490. The molecule has 24 heteroatoms. The van der Waals surface area contributed by atoms with Crippen molar-refractivity contribution in [2.45, 2.75) is 13.0 Å². The molecule has 5 aromatic carbocycles. The highest BCUT2D eigenvalue weighted by Crippen LogP contribution is 2.30. The average molecular weight is 916 g/mol. The minimum Gasteiger partial charge on any atom is -0.287 e. The molecule has 63 heavy (non-hydrogen) atoms. The maximum atomic E-state index is 15.4. The Kier molecular flexibility index (Phi) is 13.3. The maximum absolute atomic E-state index is 15.4. The summed E-state index contributed by atoms with van der Waals surface area (Å²) in [6.45, 7) is 0.316. The van der Waals surface area contributed by atoms with Crippen molar-refractivity contribution in [2.24, 2.45) is 0 Å². The van der Waals surface area contributed by atoms with Gasteiger partial charge in [0, 0.05) is 17.7 Å². The lowest BCUT2D eigenvalue weighted by atomic mass is 9.12. The minimum absolute atomic E-state index is 0.0774. The second-order valence-electron chi connectivity index (χ2n) is 12.8. The van der Waals surface area contributed by atoms with Crippen molar-refractivity contribution in [3.05, 3.63) is 182 Å². The first-order chi connectivity index (χ1) is 29.5. The van der Waals surface area contributed by atoms with E-state index in [2.05, 4.69) is 6.07 Å². The van der Waals surface area contributed by atoms with Crippen molar-refractivity contribution in [3.8, 4) is 6.07 Å². The highest BCUT2D eigenvalue weighted by molar-refractivity contribution is 7.20. The molecular formula is C39H13BF20N2O. The highest BCUT2D eigenvalue weighted by atomic mass is 19.2. The third-order valence-electron chi connectivity index (χ3n) is 9.37. The van der Waals surface area contributed by atoms with Gasteiger partial charge < -0.3 is 0 Å². The average Bonchev–Trinajstić information content (AvgIpc) is 3.27. The summed E-state index contributed by atoms with van der Waals surface area (Å²) in [5.74, 6) is -71.3. The molecular weight excluding hydrogens is 903 g/mol. The monoisotopic (exact) mass is 916 g/mol. The number of ketones is 1. The molecule has 6 aromatic rings. The molecule has 0 fully saturated rings. The molecule has 0 amide bonds. The van der Waals surface area contributed by atoms with Gasteiger partial charge in [-0.25, -0.2) is 87.8 Å². The summed E-state index contributed by atoms with van der Waals surface area (Å²) in [6, 6.07) is 15.0. The maximum Gasteiger partial charge on any atom is 0.227 e. The van der Waals surface area contributed by atoms with E-state index in [0.717, 1.165) is 5.56 Å². The Morgan fingerprint density at radius 3 is 0.921 bits per heavy atom. The van der Waals surface area contributed by atoms with Crippen molar-refractivity contribution in [1.29, 1.82) is 5.26 Å². The normalized spacial score (nSPS) is 11.3. The van der Waals surface area contributed by atoms with Gasteiger partial charge in [0.25, 0.3) is 0 Å². The predicted octanol–water partition coefficient (Wildman–Crippen LogP) is 7.77. The van der Waals surface area contributed by atoms with Crippen LogP contribution in [0.25, 0.3) is 0 Å². The van der Waals surface area contributed by atoms with Crippen LogP contribution < -0.4 is 26.4 Å². The van der Waals surface area contributed by atoms with Crippen LogP contribution in [0.1, 0.15) is 15.9 Å². The Hall–Kier alpha value is -6.93. The lowest BCUT2D eigenvalue weighted by Gasteiger charge is -2.44. The number of Topliss-reactive ketones (excluding diaryl/α,β-unsaturated/α-hetero) is 1. The number of hydrogen-bond donors (Lipinski definition) is 0. The zero-order valence-corrected chi connectivity index (χ0v) is 30.0. The highest BCUT2D eigenvalue weighted by Gasteiger charge is 2.52. The molecule has 0 aliphatic rings. The zero-order valence-electron chi connectivity index (χ0n) is 30.0. The van der Waals surface area contributed by atoms with Crippen LogP contribution in [0.2, 0.25) is 0 Å². The summed E-state index contributed by atoms with van der Waals surface area (Å²) in [6.07, 6.45) is -3.17. The Balaban J connectivity index is 0.000000345. The number of benzene rings is 5. The Morgan fingerprint density at radius 2 is 0.667 bits per heavy atom. The number of pyridine rings is 1. The Morgan fingerprint density at radius 1 is 0.413 bits per heavy atom. The van der Waals surface area contributed by atoms with E-state index in [-0.39, 0.29) is 5.78 Å². The summed E-state index contributed by atoms with van der Waals surface area (Å²) in [7, 11) is 0. The van der Waals surface area contributed by atoms with E-state index in [9.17, 15) is 57.5 Å².